The van der Waals surface area contributed by atoms with Crippen LogP contribution >= 0.6 is 11.3 Å². The molecule has 0 bridgehead atoms. The van der Waals surface area contributed by atoms with E-state index in [0.29, 0.717) is 10.6 Å². The molecule has 2 heterocycles. The summed E-state index contributed by atoms with van der Waals surface area (Å²) in [5.41, 5.74) is 3.86. The third-order valence-corrected chi connectivity index (χ3v) is 5.93. The number of carbonyl (C=O) groups excluding carboxylic acids is 2. The lowest BCUT2D eigenvalue weighted by atomic mass is 10.0. The highest BCUT2D eigenvalue weighted by Gasteiger charge is 2.22. The number of nitrogens with one attached hydrogen (secondary N) is 1. The van der Waals surface area contributed by atoms with Crippen LogP contribution in [0.5, 0.6) is 5.75 Å². The number of carbonyl (C=O) groups is 2. The highest BCUT2D eigenvalue weighted by molar-refractivity contribution is 7.15. The molecule has 1 N–H and O–H groups in total. The summed E-state index contributed by atoms with van der Waals surface area (Å²) >= 11 is 1.30. The molecule has 1 aliphatic rings. The summed E-state index contributed by atoms with van der Waals surface area (Å²) in [4.78, 5) is 25.3. The molecule has 5 nitrogen and oxygen atoms in total. The third-order valence-electron chi connectivity index (χ3n) is 5.03. The summed E-state index contributed by atoms with van der Waals surface area (Å²) in [7, 11) is 0. The number of para-hydroxylation sites is 1. The fraction of sp³-hybridized carbons (Fsp3) is 0.154. The lowest BCUT2D eigenvalue weighted by molar-refractivity contribution is -0.111. The van der Waals surface area contributed by atoms with Gasteiger partial charge in [-0.3, -0.25) is 4.79 Å². The molecule has 1 amide bonds. The van der Waals surface area contributed by atoms with E-state index in [1.54, 1.807) is 13.0 Å². The maximum atomic E-state index is 12.7. The molecule has 0 fully saturated rings. The van der Waals surface area contributed by atoms with Crippen LogP contribution in [-0.4, -0.2) is 24.6 Å². The molecule has 162 valence electrons. The second kappa shape index (κ2) is 9.66. The molecule has 32 heavy (non-hydrogen) atoms. The Balaban J connectivity index is 1.56. The van der Waals surface area contributed by atoms with E-state index in [0.717, 1.165) is 28.0 Å². The van der Waals surface area contributed by atoms with Crippen molar-refractivity contribution in [2.75, 3.05) is 11.9 Å². The van der Waals surface area contributed by atoms with Crippen LogP contribution in [0.2, 0.25) is 0 Å². The van der Waals surface area contributed by atoms with E-state index in [1.165, 1.54) is 17.4 Å². The van der Waals surface area contributed by atoms with Crippen LogP contribution in [0, 0.1) is 0 Å². The molecule has 1 atom stereocenters. The summed E-state index contributed by atoms with van der Waals surface area (Å²) < 4.78 is 11.2. The number of thiophene rings is 1. The number of hydrogen-bond donors (Lipinski definition) is 1. The van der Waals surface area contributed by atoms with E-state index in [-0.39, 0.29) is 18.6 Å². The quantitative estimate of drug-likeness (QED) is 0.376. The fourth-order valence-electron chi connectivity index (χ4n) is 3.46. The van der Waals surface area contributed by atoms with E-state index < -0.39 is 5.97 Å². The minimum atomic E-state index is -0.458. The van der Waals surface area contributed by atoms with Crippen molar-refractivity contribution in [2.24, 2.45) is 0 Å². The summed E-state index contributed by atoms with van der Waals surface area (Å²) in [6, 6.07) is 17.3. The van der Waals surface area contributed by atoms with Crippen molar-refractivity contribution in [1.82, 2.24) is 0 Å². The Morgan fingerprint density at radius 1 is 1.12 bits per heavy atom. The van der Waals surface area contributed by atoms with Crippen molar-refractivity contribution in [3.8, 4) is 16.9 Å². The number of hydrogen-bond acceptors (Lipinski definition) is 5. The molecule has 0 spiro atoms. The van der Waals surface area contributed by atoms with Crippen molar-refractivity contribution in [3.63, 3.8) is 0 Å². The Labute approximate surface area is 191 Å². The summed E-state index contributed by atoms with van der Waals surface area (Å²) in [6.07, 6.45) is 5.04. The van der Waals surface area contributed by atoms with Crippen molar-refractivity contribution < 1.29 is 19.1 Å². The van der Waals surface area contributed by atoms with Gasteiger partial charge in [-0.15, -0.1) is 11.3 Å². The van der Waals surface area contributed by atoms with Crippen molar-refractivity contribution in [3.05, 3.63) is 88.8 Å². The van der Waals surface area contributed by atoms with Gasteiger partial charge in [-0.05, 0) is 43.2 Å². The first kappa shape index (κ1) is 21.6. The van der Waals surface area contributed by atoms with Crippen molar-refractivity contribution in [1.29, 1.82) is 0 Å². The van der Waals surface area contributed by atoms with E-state index in [2.05, 4.69) is 5.32 Å². The first-order chi connectivity index (χ1) is 15.6. The zero-order valence-electron chi connectivity index (χ0n) is 17.8. The van der Waals surface area contributed by atoms with Crippen LogP contribution in [0.3, 0.4) is 0 Å². The lowest BCUT2D eigenvalue weighted by Gasteiger charge is -2.22. The molecule has 4 rings (SSSR count). The van der Waals surface area contributed by atoms with Crippen LogP contribution in [0.1, 0.15) is 29.8 Å². The number of amides is 1. The van der Waals surface area contributed by atoms with E-state index in [4.69, 9.17) is 9.47 Å². The largest absolute Gasteiger partial charge is 0.485 e. The first-order valence-corrected chi connectivity index (χ1v) is 11.2. The smallest absolute Gasteiger partial charge is 0.341 e. The number of rotatable bonds is 6. The lowest BCUT2D eigenvalue weighted by Crippen LogP contribution is -2.18. The predicted octanol–water partition coefficient (Wildman–Crippen LogP) is 5.95. The van der Waals surface area contributed by atoms with Gasteiger partial charge < -0.3 is 14.8 Å². The second-order valence-electron chi connectivity index (χ2n) is 7.20. The molecule has 0 saturated heterocycles. The minimum Gasteiger partial charge on any atom is -0.485 e. The normalized spacial score (nSPS) is 14.9. The van der Waals surface area contributed by atoms with Gasteiger partial charge in [0.25, 0.3) is 0 Å². The predicted molar refractivity (Wildman–Crippen MR) is 128 cm³/mol. The molecule has 2 aromatic carbocycles. The summed E-state index contributed by atoms with van der Waals surface area (Å²) in [6.45, 7) is 3.95. The second-order valence-corrected chi connectivity index (χ2v) is 8.08. The summed E-state index contributed by atoms with van der Waals surface area (Å²) in [5.74, 6) is 0.0391. The Bertz CT molecular complexity index is 1190. The SMILES string of the molecule is CCOC(=O)c1c(-c2ccccc2)csc1NC(=O)/C=C/C1=Cc2ccccc2OC1C. The van der Waals surface area contributed by atoms with Crippen molar-refractivity contribution in [2.45, 2.75) is 20.0 Å². The van der Waals surface area contributed by atoms with E-state index >= 15 is 0 Å². The Morgan fingerprint density at radius 2 is 1.88 bits per heavy atom. The molecule has 0 radical (unpaired) electrons. The minimum absolute atomic E-state index is 0.171. The molecule has 6 heteroatoms. The van der Waals surface area contributed by atoms with E-state index in [1.807, 2.05) is 73.0 Å². The number of benzene rings is 2. The molecule has 0 saturated carbocycles. The zero-order valence-corrected chi connectivity index (χ0v) is 18.6. The summed E-state index contributed by atoms with van der Waals surface area (Å²) in [5, 5.41) is 5.16. The van der Waals surface area contributed by atoms with Gasteiger partial charge in [0.2, 0.25) is 5.91 Å². The average Bonchev–Trinajstić information content (AvgIpc) is 3.22. The molecule has 0 aliphatic carbocycles. The topological polar surface area (TPSA) is 64.6 Å². The number of anilines is 1. The fourth-order valence-corrected chi connectivity index (χ4v) is 4.42. The zero-order chi connectivity index (χ0) is 22.5. The Morgan fingerprint density at radius 3 is 2.66 bits per heavy atom. The van der Waals surface area contributed by atoms with Crippen LogP contribution in [0.15, 0.2) is 77.7 Å². The first-order valence-electron chi connectivity index (χ1n) is 10.4. The van der Waals surface area contributed by atoms with Crippen LogP contribution in [0.4, 0.5) is 5.00 Å². The van der Waals surface area contributed by atoms with Gasteiger partial charge in [0, 0.05) is 22.6 Å². The van der Waals surface area contributed by atoms with Crippen LogP contribution < -0.4 is 10.1 Å². The van der Waals surface area contributed by atoms with Crippen molar-refractivity contribution >= 4 is 34.3 Å². The Hall–Kier alpha value is -3.64. The standard InChI is InChI=1S/C26H23NO4S/c1-3-30-26(29)24-21(18-9-5-4-6-10-18)16-32-25(24)27-23(28)14-13-19-15-20-11-7-8-12-22(20)31-17(19)2/h4-17H,3H2,1-2H3,(H,27,28)/b14-13+. The monoisotopic (exact) mass is 445 g/mol. The molecular weight excluding hydrogens is 422 g/mol. The highest BCUT2D eigenvalue weighted by Crippen LogP contribution is 2.36. The van der Waals surface area contributed by atoms with Gasteiger partial charge in [0.05, 0.1) is 6.61 Å². The van der Waals surface area contributed by atoms with Crippen LogP contribution in [-0.2, 0) is 9.53 Å². The Kier molecular flexibility index (Phi) is 6.52. The molecule has 1 aliphatic heterocycles. The van der Waals surface area contributed by atoms with Gasteiger partial charge in [0.1, 0.15) is 22.4 Å². The van der Waals surface area contributed by atoms with Gasteiger partial charge in [-0.2, -0.15) is 0 Å². The van der Waals surface area contributed by atoms with Gasteiger partial charge in [-0.25, -0.2) is 4.79 Å². The van der Waals surface area contributed by atoms with Crippen LogP contribution in [0.25, 0.3) is 17.2 Å². The third kappa shape index (κ3) is 4.65. The average molecular weight is 446 g/mol. The highest BCUT2D eigenvalue weighted by atomic mass is 32.1. The molecule has 1 aromatic heterocycles. The number of esters is 1. The van der Waals surface area contributed by atoms with Gasteiger partial charge in [0.15, 0.2) is 0 Å². The van der Waals surface area contributed by atoms with Gasteiger partial charge >= 0.3 is 5.97 Å². The molecule has 3 aromatic rings. The molecule has 1 unspecified atom stereocenters. The number of ether oxygens (including phenoxy) is 2. The van der Waals surface area contributed by atoms with Gasteiger partial charge in [-0.1, -0.05) is 48.5 Å². The van der Waals surface area contributed by atoms with E-state index in [9.17, 15) is 9.59 Å². The maximum Gasteiger partial charge on any atom is 0.341 e. The number of fused-ring (bicyclic) bond motifs is 1. The maximum absolute atomic E-state index is 12.7. The molecular formula is C26H23NO4S.